The molecule has 0 N–H and O–H groups in total. The van der Waals surface area contributed by atoms with Crippen LogP contribution in [0.3, 0.4) is 0 Å². The molecule has 0 heterocycles. The number of benzene rings is 1. The first kappa shape index (κ1) is 11.9. The van der Waals surface area contributed by atoms with E-state index in [2.05, 4.69) is 12.1 Å². The molecule has 0 saturated carbocycles. The van der Waals surface area contributed by atoms with Crippen LogP contribution in [0.15, 0.2) is 24.3 Å². The predicted molar refractivity (Wildman–Crippen MR) is 41.3 cm³/mol. The van der Waals surface area contributed by atoms with Crippen LogP contribution in [0.5, 0.6) is 5.75 Å². The minimum atomic E-state index is 0. The van der Waals surface area contributed by atoms with Gasteiger partial charge in [-0.25, -0.2) is 0 Å². The van der Waals surface area contributed by atoms with Crippen molar-refractivity contribution in [2.24, 2.45) is 0 Å². The Morgan fingerprint density at radius 3 is 2.25 bits per heavy atom. The first-order valence-corrected chi connectivity index (χ1v) is 5.97. The Bertz CT molecular complexity index is 210. The van der Waals surface area contributed by atoms with Crippen LogP contribution in [0.25, 0.3) is 0 Å². The third kappa shape index (κ3) is 3.55. The maximum atomic E-state index is 5.32. The topological polar surface area (TPSA) is 9.23 Å². The van der Waals surface area contributed by atoms with E-state index in [9.17, 15) is 0 Å². The zero-order valence-electron chi connectivity index (χ0n) is 7.22. The number of ether oxygens (including phenoxy) is 1. The molecule has 0 fully saturated rings. The van der Waals surface area contributed by atoms with Gasteiger partial charge in [-0.15, -0.1) is 0 Å². The fourth-order valence-corrected chi connectivity index (χ4v) is 1.62. The summed E-state index contributed by atoms with van der Waals surface area (Å²) >= 11 is 1.33. The maximum Gasteiger partial charge on any atom is -1.00 e. The Hall–Kier alpha value is -0.0666. The van der Waals surface area contributed by atoms with Gasteiger partial charge < -0.3 is 12.4 Å². The van der Waals surface area contributed by atoms with Crippen molar-refractivity contribution in [2.75, 3.05) is 6.61 Å². The zero-order chi connectivity index (χ0) is 8.10. The van der Waals surface area contributed by atoms with Crippen molar-refractivity contribution >= 4 is 0 Å². The fraction of sp³-hybridized carbons (Fsp3) is 0.333. The molecule has 0 radical (unpaired) electrons. The van der Waals surface area contributed by atoms with Crippen molar-refractivity contribution in [1.82, 2.24) is 0 Å². The van der Waals surface area contributed by atoms with Crippen molar-refractivity contribution in [1.29, 1.82) is 0 Å². The largest absolute Gasteiger partial charge is 1.00 e. The van der Waals surface area contributed by atoms with Gasteiger partial charge in [0.05, 0.1) is 0 Å². The summed E-state index contributed by atoms with van der Waals surface area (Å²) in [5.41, 5.74) is 1.41. The van der Waals surface area contributed by atoms with Gasteiger partial charge in [0.15, 0.2) is 0 Å². The summed E-state index contributed by atoms with van der Waals surface area (Å²) in [6.45, 7) is 2.75. The molecular formula is C9H11ClOZn. The van der Waals surface area contributed by atoms with Crippen LogP contribution >= 0.6 is 0 Å². The molecule has 62 valence electrons. The van der Waals surface area contributed by atoms with Gasteiger partial charge in [-0.2, -0.15) is 0 Å². The monoisotopic (exact) mass is 234 g/mol. The van der Waals surface area contributed by atoms with Crippen molar-refractivity contribution in [3.63, 3.8) is 0 Å². The molecule has 1 aromatic rings. The normalized spacial score (nSPS) is 8.92. The smallest absolute Gasteiger partial charge is 1.00 e. The molecule has 0 saturated heterocycles. The second-order valence-electron chi connectivity index (χ2n) is 2.33. The molecule has 0 unspecified atom stereocenters. The number of halogens is 1. The fourth-order valence-electron chi connectivity index (χ4n) is 0.919. The van der Waals surface area contributed by atoms with Crippen LogP contribution < -0.4 is 17.1 Å². The average Bonchev–Trinajstić information content (AvgIpc) is 2.07. The molecule has 12 heavy (non-hydrogen) atoms. The molecule has 0 atom stereocenters. The van der Waals surface area contributed by atoms with Crippen molar-refractivity contribution in [3.05, 3.63) is 29.8 Å². The van der Waals surface area contributed by atoms with Gasteiger partial charge in [0.1, 0.15) is 0 Å². The van der Waals surface area contributed by atoms with E-state index in [1.807, 2.05) is 19.1 Å². The molecule has 0 aliphatic rings. The van der Waals surface area contributed by atoms with Gasteiger partial charge in [-0.05, 0) is 0 Å². The third-order valence-electron chi connectivity index (χ3n) is 1.52. The third-order valence-corrected chi connectivity index (χ3v) is 2.73. The second-order valence-corrected chi connectivity index (χ2v) is 3.38. The van der Waals surface area contributed by atoms with Crippen LogP contribution in [-0.4, -0.2) is 6.61 Å². The summed E-state index contributed by atoms with van der Waals surface area (Å²) in [6, 6.07) is 8.34. The van der Waals surface area contributed by atoms with E-state index in [0.29, 0.717) is 0 Å². The van der Waals surface area contributed by atoms with Crippen molar-refractivity contribution in [2.45, 2.75) is 11.9 Å². The molecule has 0 aliphatic carbocycles. The molecular weight excluding hydrogens is 225 g/mol. The van der Waals surface area contributed by atoms with E-state index in [-0.39, 0.29) is 12.4 Å². The summed E-state index contributed by atoms with van der Waals surface area (Å²) in [4.78, 5) is 0. The second kappa shape index (κ2) is 6.45. The van der Waals surface area contributed by atoms with E-state index < -0.39 is 0 Å². The van der Waals surface area contributed by atoms with Gasteiger partial charge in [0.2, 0.25) is 0 Å². The maximum absolute atomic E-state index is 5.32. The summed E-state index contributed by atoms with van der Waals surface area (Å²) in [6.07, 6.45) is 0. The molecule has 0 aliphatic heterocycles. The molecule has 0 spiro atoms. The molecule has 0 amide bonds. The van der Waals surface area contributed by atoms with Crippen LogP contribution in [0, 0.1) is 0 Å². The predicted octanol–water partition coefficient (Wildman–Crippen LogP) is -0.864. The van der Waals surface area contributed by atoms with Crippen LogP contribution in [0.4, 0.5) is 0 Å². The zero-order valence-corrected chi connectivity index (χ0v) is 10.9. The average molecular weight is 236 g/mol. The first-order valence-electron chi connectivity index (χ1n) is 3.87. The number of rotatable bonds is 3. The van der Waals surface area contributed by atoms with Gasteiger partial charge in [-0.3, -0.25) is 0 Å². The van der Waals surface area contributed by atoms with E-state index in [1.54, 1.807) is 0 Å². The molecule has 1 rings (SSSR count). The Morgan fingerprint density at radius 2 is 1.83 bits per heavy atom. The van der Waals surface area contributed by atoms with Gasteiger partial charge in [-0.1, -0.05) is 0 Å². The van der Waals surface area contributed by atoms with E-state index in [0.717, 1.165) is 12.4 Å². The summed E-state index contributed by atoms with van der Waals surface area (Å²) in [5.74, 6) is 0.977. The van der Waals surface area contributed by atoms with Gasteiger partial charge >= 0.3 is 77.2 Å². The quantitative estimate of drug-likeness (QED) is 0.620. The van der Waals surface area contributed by atoms with Crippen molar-refractivity contribution < 1.29 is 35.4 Å². The summed E-state index contributed by atoms with van der Waals surface area (Å²) in [7, 11) is 0. The Balaban J connectivity index is 0.00000121. The number of hydrogen-bond acceptors (Lipinski definition) is 1. The molecule has 1 aromatic carbocycles. The summed E-state index contributed by atoms with van der Waals surface area (Å²) < 4.78 is 5.32. The Kier molecular flexibility index (Phi) is 6.41. The Morgan fingerprint density at radius 1 is 1.25 bits per heavy atom. The standard InChI is InChI=1S/C9H11O.ClH.Zn/c1-3-10-9-6-4-8(2)5-7-9;;/h4-7H,2-3H2,1H3;1H;/q;;+1/p-1. The molecule has 3 heteroatoms. The Labute approximate surface area is 89.6 Å². The molecule has 0 bridgehead atoms. The van der Waals surface area contributed by atoms with Crippen LogP contribution in [0.2, 0.25) is 0 Å². The molecule has 1 nitrogen and oxygen atoms in total. The summed E-state index contributed by atoms with van der Waals surface area (Å²) in [5, 5.41) is 1.21. The SMILES string of the molecule is CCOc1ccc([CH2][Zn+])cc1.[Cl-]. The van der Waals surface area contributed by atoms with E-state index in [4.69, 9.17) is 4.74 Å². The minimum Gasteiger partial charge on any atom is -1.00 e. The van der Waals surface area contributed by atoms with Gasteiger partial charge in [0.25, 0.3) is 0 Å². The van der Waals surface area contributed by atoms with Crippen molar-refractivity contribution in [3.8, 4) is 5.75 Å². The first-order chi connectivity index (χ1) is 5.36. The van der Waals surface area contributed by atoms with E-state index >= 15 is 0 Å². The van der Waals surface area contributed by atoms with Gasteiger partial charge in [0, 0.05) is 0 Å². The van der Waals surface area contributed by atoms with Crippen LogP contribution in [0.1, 0.15) is 12.5 Å². The minimum absolute atomic E-state index is 0. The molecule has 0 aromatic heterocycles. The van der Waals surface area contributed by atoms with Crippen LogP contribution in [-0.2, 0) is 23.3 Å². The number of hydrogen-bond donors (Lipinski definition) is 0. The van der Waals surface area contributed by atoms with E-state index in [1.165, 1.54) is 28.9 Å².